The predicted octanol–water partition coefficient (Wildman–Crippen LogP) is 2.23. The molecule has 0 amide bonds. The van der Waals surface area contributed by atoms with Crippen molar-refractivity contribution in [2.75, 3.05) is 13.7 Å². The van der Waals surface area contributed by atoms with E-state index in [1.54, 1.807) is 25.3 Å². The molecular formula is C16H21ClN2O3S. The minimum atomic E-state index is -3.59. The molecule has 1 atom stereocenters. The number of halogens is 1. The van der Waals surface area contributed by atoms with Gasteiger partial charge in [-0.1, -0.05) is 42.5 Å². The third-order valence-corrected chi connectivity index (χ3v) is 4.66. The lowest BCUT2D eigenvalue weighted by Gasteiger charge is -2.14. The first-order chi connectivity index (χ1) is 10.5. The average molecular weight is 357 g/mol. The molecule has 0 aliphatic heterocycles. The second kappa shape index (κ2) is 9.00. The molecule has 7 heteroatoms. The Balaban J connectivity index is 0.00000264. The van der Waals surface area contributed by atoms with Gasteiger partial charge in [0.15, 0.2) is 0 Å². The molecule has 126 valence electrons. The normalized spacial score (nSPS) is 12.4. The van der Waals surface area contributed by atoms with Gasteiger partial charge in [-0.3, -0.25) is 0 Å². The molecule has 0 radical (unpaired) electrons. The topological polar surface area (TPSA) is 81.4 Å². The average Bonchev–Trinajstić information content (AvgIpc) is 2.54. The molecule has 23 heavy (non-hydrogen) atoms. The van der Waals surface area contributed by atoms with E-state index in [9.17, 15) is 8.42 Å². The van der Waals surface area contributed by atoms with Crippen LogP contribution in [-0.4, -0.2) is 22.1 Å². The molecule has 2 rings (SSSR count). The van der Waals surface area contributed by atoms with Gasteiger partial charge in [-0.15, -0.1) is 12.4 Å². The van der Waals surface area contributed by atoms with Crippen LogP contribution in [0, 0.1) is 0 Å². The standard InChI is InChI=1S/C16H20N2O3S.ClH/c1-21-12-13-6-5-9-15(10-13)22(19,20)18-11-16(17)14-7-3-2-4-8-14;/h2-10,16,18H,11-12,17H2,1H3;1H. The van der Waals surface area contributed by atoms with Crippen molar-refractivity contribution in [1.82, 2.24) is 4.72 Å². The van der Waals surface area contributed by atoms with Crippen molar-refractivity contribution in [2.24, 2.45) is 5.73 Å². The zero-order valence-electron chi connectivity index (χ0n) is 12.8. The van der Waals surface area contributed by atoms with Crippen molar-refractivity contribution in [1.29, 1.82) is 0 Å². The Bertz CT molecular complexity index is 708. The monoisotopic (exact) mass is 356 g/mol. The summed E-state index contributed by atoms with van der Waals surface area (Å²) in [7, 11) is -2.02. The Morgan fingerprint density at radius 1 is 1.13 bits per heavy atom. The first kappa shape index (κ1) is 19.6. The third kappa shape index (κ3) is 5.60. The zero-order valence-corrected chi connectivity index (χ0v) is 14.4. The van der Waals surface area contributed by atoms with Crippen LogP contribution in [0.15, 0.2) is 59.5 Å². The Morgan fingerprint density at radius 2 is 1.83 bits per heavy atom. The van der Waals surface area contributed by atoms with Crippen LogP contribution in [0.3, 0.4) is 0 Å². The molecule has 0 heterocycles. The summed E-state index contributed by atoms with van der Waals surface area (Å²) in [6.07, 6.45) is 0. The number of hydrogen-bond donors (Lipinski definition) is 2. The van der Waals surface area contributed by atoms with E-state index in [4.69, 9.17) is 10.5 Å². The predicted molar refractivity (Wildman–Crippen MR) is 93.0 cm³/mol. The highest BCUT2D eigenvalue weighted by Gasteiger charge is 2.16. The number of ether oxygens (including phenoxy) is 1. The molecule has 2 aromatic rings. The Hall–Kier alpha value is -1.44. The van der Waals surface area contributed by atoms with Gasteiger partial charge in [-0.05, 0) is 23.3 Å². The molecule has 0 saturated heterocycles. The lowest BCUT2D eigenvalue weighted by atomic mass is 10.1. The van der Waals surface area contributed by atoms with E-state index in [1.165, 1.54) is 0 Å². The lowest BCUT2D eigenvalue weighted by molar-refractivity contribution is 0.184. The van der Waals surface area contributed by atoms with Crippen LogP contribution in [0.4, 0.5) is 0 Å². The molecule has 0 aliphatic carbocycles. The summed E-state index contributed by atoms with van der Waals surface area (Å²) in [6, 6.07) is 15.7. The van der Waals surface area contributed by atoms with Crippen molar-refractivity contribution in [3.63, 3.8) is 0 Å². The molecule has 0 fully saturated rings. The molecule has 1 unspecified atom stereocenters. The minimum absolute atomic E-state index is 0. The van der Waals surface area contributed by atoms with Crippen LogP contribution in [-0.2, 0) is 21.4 Å². The Labute approximate surface area is 143 Å². The molecule has 0 aliphatic rings. The second-order valence-electron chi connectivity index (χ2n) is 4.95. The van der Waals surface area contributed by atoms with Gasteiger partial charge in [0, 0.05) is 19.7 Å². The molecule has 3 N–H and O–H groups in total. The minimum Gasteiger partial charge on any atom is -0.380 e. The first-order valence-corrected chi connectivity index (χ1v) is 8.39. The smallest absolute Gasteiger partial charge is 0.240 e. The molecule has 0 aromatic heterocycles. The van der Waals surface area contributed by atoms with E-state index < -0.39 is 16.1 Å². The van der Waals surface area contributed by atoms with E-state index >= 15 is 0 Å². The molecule has 5 nitrogen and oxygen atoms in total. The Morgan fingerprint density at radius 3 is 2.48 bits per heavy atom. The highest BCUT2D eigenvalue weighted by Crippen LogP contribution is 2.14. The fourth-order valence-corrected chi connectivity index (χ4v) is 3.20. The van der Waals surface area contributed by atoms with E-state index in [-0.39, 0.29) is 23.8 Å². The van der Waals surface area contributed by atoms with Crippen LogP contribution in [0.25, 0.3) is 0 Å². The third-order valence-electron chi connectivity index (χ3n) is 3.24. The van der Waals surface area contributed by atoms with Gasteiger partial charge in [-0.2, -0.15) is 0 Å². The van der Waals surface area contributed by atoms with Gasteiger partial charge in [0.05, 0.1) is 11.5 Å². The summed E-state index contributed by atoms with van der Waals surface area (Å²) in [5.41, 5.74) is 7.70. The second-order valence-corrected chi connectivity index (χ2v) is 6.72. The Kier molecular flexibility index (Phi) is 7.67. The van der Waals surface area contributed by atoms with Gasteiger partial charge in [0.2, 0.25) is 10.0 Å². The summed E-state index contributed by atoms with van der Waals surface area (Å²) in [6.45, 7) is 0.508. The largest absolute Gasteiger partial charge is 0.380 e. The number of nitrogens with one attached hydrogen (secondary N) is 1. The van der Waals surface area contributed by atoms with Crippen LogP contribution < -0.4 is 10.5 Å². The quantitative estimate of drug-likeness (QED) is 0.797. The van der Waals surface area contributed by atoms with E-state index in [0.29, 0.717) is 6.61 Å². The molecule has 0 spiro atoms. The number of benzene rings is 2. The zero-order chi connectivity index (χ0) is 16.0. The summed E-state index contributed by atoms with van der Waals surface area (Å²) < 4.78 is 32.2. The summed E-state index contributed by atoms with van der Waals surface area (Å²) in [4.78, 5) is 0.210. The van der Waals surface area contributed by atoms with Crippen molar-refractivity contribution >= 4 is 22.4 Å². The fourth-order valence-electron chi connectivity index (χ4n) is 2.07. The summed E-state index contributed by atoms with van der Waals surface area (Å²) in [5, 5.41) is 0. The maximum absolute atomic E-state index is 12.3. The van der Waals surface area contributed by atoms with E-state index in [2.05, 4.69) is 4.72 Å². The maximum Gasteiger partial charge on any atom is 0.240 e. The molecule has 0 bridgehead atoms. The van der Waals surface area contributed by atoms with E-state index in [1.807, 2.05) is 36.4 Å². The summed E-state index contributed by atoms with van der Waals surface area (Å²) >= 11 is 0. The van der Waals surface area contributed by atoms with Crippen molar-refractivity contribution in [2.45, 2.75) is 17.5 Å². The van der Waals surface area contributed by atoms with Gasteiger partial charge >= 0.3 is 0 Å². The number of sulfonamides is 1. The van der Waals surface area contributed by atoms with Crippen LogP contribution in [0.1, 0.15) is 17.2 Å². The fraction of sp³-hybridized carbons (Fsp3) is 0.250. The molecule has 0 saturated carbocycles. The van der Waals surface area contributed by atoms with Crippen molar-refractivity contribution in [3.8, 4) is 0 Å². The van der Waals surface area contributed by atoms with Crippen molar-refractivity contribution in [3.05, 3.63) is 65.7 Å². The van der Waals surface area contributed by atoms with Gasteiger partial charge < -0.3 is 10.5 Å². The van der Waals surface area contributed by atoms with Gasteiger partial charge in [0.25, 0.3) is 0 Å². The highest BCUT2D eigenvalue weighted by atomic mass is 35.5. The number of rotatable bonds is 7. The van der Waals surface area contributed by atoms with Gasteiger partial charge in [0.1, 0.15) is 0 Å². The van der Waals surface area contributed by atoms with E-state index in [0.717, 1.165) is 11.1 Å². The van der Waals surface area contributed by atoms with Crippen LogP contribution in [0.5, 0.6) is 0 Å². The SMILES string of the molecule is COCc1cccc(S(=O)(=O)NCC(N)c2ccccc2)c1.Cl. The van der Waals surface area contributed by atoms with Crippen LogP contribution in [0.2, 0.25) is 0 Å². The van der Waals surface area contributed by atoms with Crippen molar-refractivity contribution < 1.29 is 13.2 Å². The van der Waals surface area contributed by atoms with Gasteiger partial charge in [-0.25, -0.2) is 13.1 Å². The molecular weight excluding hydrogens is 336 g/mol. The maximum atomic E-state index is 12.3. The summed E-state index contributed by atoms with van der Waals surface area (Å²) in [5.74, 6) is 0. The number of hydrogen-bond acceptors (Lipinski definition) is 4. The first-order valence-electron chi connectivity index (χ1n) is 6.91. The highest BCUT2D eigenvalue weighted by molar-refractivity contribution is 7.89. The lowest BCUT2D eigenvalue weighted by Crippen LogP contribution is -2.32. The molecule has 2 aromatic carbocycles. The number of methoxy groups -OCH3 is 1. The number of nitrogens with two attached hydrogens (primary N) is 1. The van der Waals surface area contributed by atoms with Crippen LogP contribution >= 0.6 is 12.4 Å².